The lowest BCUT2D eigenvalue weighted by Crippen LogP contribution is -2.11. The van der Waals surface area contributed by atoms with Gasteiger partial charge in [0, 0.05) is 21.2 Å². The molecule has 0 radical (unpaired) electrons. The van der Waals surface area contributed by atoms with Gasteiger partial charge in [-0.15, -0.1) is 0 Å². The van der Waals surface area contributed by atoms with Gasteiger partial charge >= 0.3 is 0 Å². The molecule has 0 aliphatic rings. The van der Waals surface area contributed by atoms with E-state index in [0.717, 1.165) is 0 Å². The van der Waals surface area contributed by atoms with Crippen LogP contribution in [0.4, 0.5) is 0 Å². The molecular formula is C14H12Cl2O2. The molecule has 0 amide bonds. The van der Waals surface area contributed by atoms with Gasteiger partial charge in [0.2, 0.25) is 0 Å². The van der Waals surface area contributed by atoms with E-state index in [2.05, 4.69) is 0 Å². The van der Waals surface area contributed by atoms with E-state index >= 15 is 0 Å². The van der Waals surface area contributed by atoms with Gasteiger partial charge in [0.15, 0.2) is 0 Å². The quantitative estimate of drug-likeness (QED) is 0.900. The van der Waals surface area contributed by atoms with Gasteiger partial charge < -0.3 is 10.2 Å². The van der Waals surface area contributed by atoms with Crippen molar-refractivity contribution in [2.75, 3.05) is 0 Å². The Bertz CT molecular complexity index is 493. The molecule has 0 saturated carbocycles. The maximum atomic E-state index is 10.2. The Morgan fingerprint density at radius 3 is 1.33 bits per heavy atom. The minimum Gasteiger partial charge on any atom is -0.385 e. The molecule has 2 aromatic carbocycles. The zero-order valence-electron chi connectivity index (χ0n) is 9.42. The lowest BCUT2D eigenvalue weighted by atomic mass is 9.98. The molecule has 2 rings (SSSR count). The Hall–Kier alpha value is -1.06. The van der Waals surface area contributed by atoms with E-state index in [-0.39, 0.29) is 0 Å². The summed E-state index contributed by atoms with van der Waals surface area (Å²) in [5.74, 6) is 0. The van der Waals surface area contributed by atoms with Crippen molar-refractivity contribution in [2.24, 2.45) is 0 Å². The van der Waals surface area contributed by atoms with Crippen molar-refractivity contribution in [3.63, 3.8) is 0 Å². The van der Waals surface area contributed by atoms with Crippen LogP contribution in [0, 0.1) is 0 Å². The third-order valence-electron chi connectivity index (χ3n) is 2.75. The van der Waals surface area contributed by atoms with E-state index < -0.39 is 12.2 Å². The Labute approximate surface area is 115 Å². The second-order valence-corrected chi connectivity index (χ2v) is 4.75. The van der Waals surface area contributed by atoms with Crippen LogP contribution in [0.1, 0.15) is 23.3 Å². The number of aliphatic hydroxyl groups is 2. The molecule has 0 aliphatic carbocycles. The first kappa shape index (κ1) is 13.4. The van der Waals surface area contributed by atoms with Crippen LogP contribution in [0.15, 0.2) is 48.5 Å². The van der Waals surface area contributed by atoms with E-state index in [1.807, 2.05) is 0 Å². The number of halogens is 2. The second-order valence-electron chi connectivity index (χ2n) is 3.93. The molecule has 2 aromatic rings. The van der Waals surface area contributed by atoms with Crippen LogP contribution in [0.2, 0.25) is 10.0 Å². The molecule has 0 saturated heterocycles. The molecule has 4 heteroatoms. The Kier molecular flexibility index (Phi) is 4.25. The molecule has 2 unspecified atom stereocenters. The third-order valence-corrected chi connectivity index (χ3v) is 3.44. The first-order valence-electron chi connectivity index (χ1n) is 5.46. The average molecular weight is 283 g/mol. The highest BCUT2D eigenvalue weighted by Gasteiger charge is 2.23. The van der Waals surface area contributed by atoms with Crippen molar-refractivity contribution in [3.05, 3.63) is 69.7 Å². The summed E-state index contributed by atoms with van der Waals surface area (Å²) in [6, 6.07) is 13.7. The number of aliphatic hydroxyl groups excluding tert-OH is 2. The van der Waals surface area contributed by atoms with Gasteiger partial charge in [-0.05, 0) is 12.1 Å². The molecule has 0 aromatic heterocycles. The van der Waals surface area contributed by atoms with Crippen LogP contribution >= 0.6 is 23.2 Å². The lowest BCUT2D eigenvalue weighted by molar-refractivity contribution is 0.0173. The van der Waals surface area contributed by atoms with Crippen molar-refractivity contribution in [2.45, 2.75) is 12.2 Å². The van der Waals surface area contributed by atoms with Crippen LogP contribution in [0.5, 0.6) is 0 Å². The second kappa shape index (κ2) is 5.72. The first-order chi connectivity index (χ1) is 8.61. The number of hydrogen-bond donors (Lipinski definition) is 2. The average Bonchev–Trinajstić information content (AvgIpc) is 2.38. The van der Waals surface area contributed by atoms with Gasteiger partial charge in [-0.3, -0.25) is 0 Å². The van der Waals surface area contributed by atoms with E-state index in [4.69, 9.17) is 23.2 Å². The van der Waals surface area contributed by atoms with Gasteiger partial charge in [0.1, 0.15) is 12.2 Å². The Morgan fingerprint density at radius 2 is 1.00 bits per heavy atom. The van der Waals surface area contributed by atoms with Gasteiger partial charge in [-0.25, -0.2) is 0 Å². The molecule has 94 valence electrons. The summed E-state index contributed by atoms with van der Waals surface area (Å²) >= 11 is 12.0. The van der Waals surface area contributed by atoms with Crippen molar-refractivity contribution < 1.29 is 10.2 Å². The minimum atomic E-state index is -1.11. The van der Waals surface area contributed by atoms with Crippen molar-refractivity contribution in [3.8, 4) is 0 Å². The smallest absolute Gasteiger partial charge is 0.111 e. The predicted octanol–water partition coefficient (Wildman–Crippen LogP) is 3.76. The summed E-state index contributed by atoms with van der Waals surface area (Å²) in [5, 5.41) is 21.1. The summed E-state index contributed by atoms with van der Waals surface area (Å²) in [6.07, 6.45) is -2.22. The van der Waals surface area contributed by atoms with E-state index in [0.29, 0.717) is 21.2 Å². The largest absolute Gasteiger partial charge is 0.385 e. The minimum absolute atomic E-state index is 0.413. The highest BCUT2D eigenvalue weighted by atomic mass is 35.5. The fourth-order valence-electron chi connectivity index (χ4n) is 1.77. The van der Waals surface area contributed by atoms with Crippen LogP contribution < -0.4 is 0 Å². The number of rotatable bonds is 3. The standard InChI is InChI=1S/C14H12Cl2O2/c15-11-7-3-1-5-9(11)13(17)14(18)10-6-2-4-8-12(10)16/h1-8,13-14,17-18H. The topological polar surface area (TPSA) is 40.5 Å². The molecule has 0 fully saturated rings. The van der Waals surface area contributed by atoms with Crippen LogP contribution in [-0.2, 0) is 0 Å². The van der Waals surface area contributed by atoms with E-state index in [1.54, 1.807) is 48.5 Å². The summed E-state index contributed by atoms with van der Waals surface area (Å²) in [6.45, 7) is 0. The van der Waals surface area contributed by atoms with Gasteiger partial charge in [-0.2, -0.15) is 0 Å². The molecule has 18 heavy (non-hydrogen) atoms. The van der Waals surface area contributed by atoms with Crippen LogP contribution in [-0.4, -0.2) is 10.2 Å². The van der Waals surface area contributed by atoms with Crippen molar-refractivity contribution in [1.82, 2.24) is 0 Å². The summed E-state index contributed by atoms with van der Waals surface area (Å²) < 4.78 is 0. The van der Waals surface area contributed by atoms with Crippen molar-refractivity contribution >= 4 is 23.2 Å². The highest BCUT2D eigenvalue weighted by molar-refractivity contribution is 6.31. The van der Waals surface area contributed by atoms with Crippen molar-refractivity contribution in [1.29, 1.82) is 0 Å². The molecule has 0 heterocycles. The maximum Gasteiger partial charge on any atom is 0.111 e. The number of benzene rings is 2. The molecule has 2 N–H and O–H groups in total. The molecule has 2 nitrogen and oxygen atoms in total. The third kappa shape index (κ3) is 2.68. The Morgan fingerprint density at radius 1 is 0.667 bits per heavy atom. The predicted molar refractivity (Wildman–Crippen MR) is 72.8 cm³/mol. The zero-order chi connectivity index (χ0) is 13.1. The van der Waals surface area contributed by atoms with E-state index in [9.17, 15) is 10.2 Å². The van der Waals surface area contributed by atoms with Gasteiger partial charge in [-0.1, -0.05) is 59.6 Å². The van der Waals surface area contributed by atoms with Crippen LogP contribution in [0.3, 0.4) is 0 Å². The normalized spacial score (nSPS) is 14.2. The molecule has 2 atom stereocenters. The van der Waals surface area contributed by atoms with Gasteiger partial charge in [0.05, 0.1) is 0 Å². The molecular weight excluding hydrogens is 271 g/mol. The summed E-state index contributed by atoms with van der Waals surface area (Å²) in [5.41, 5.74) is 0.957. The SMILES string of the molecule is OC(c1ccccc1Cl)C(O)c1ccccc1Cl. The summed E-state index contributed by atoms with van der Waals surface area (Å²) in [7, 11) is 0. The highest BCUT2D eigenvalue weighted by Crippen LogP contribution is 2.35. The monoisotopic (exact) mass is 282 g/mol. The fraction of sp³-hybridized carbons (Fsp3) is 0.143. The zero-order valence-corrected chi connectivity index (χ0v) is 10.9. The summed E-state index contributed by atoms with van der Waals surface area (Å²) in [4.78, 5) is 0. The maximum absolute atomic E-state index is 10.2. The molecule has 0 bridgehead atoms. The van der Waals surface area contributed by atoms with Gasteiger partial charge in [0.25, 0.3) is 0 Å². The lowest BCUT2D eigenvalue weighted by Gasteiger charge is -2.20. The molecule has 0 spiro atoms. The molecule has 0 aliphatic heterocycles. The first-order valence-corrected chi connectivity index (χ1v) is 6.22. The number of hydrogen-bond acceptors (Lipinski definition) is 2. The fourth-order valence-corrected chi connectivity index (χ4v) is 2.27. The Balaban J connectivity index is 2.33. The van der Waals surface area contributed by atoms with Crippen LogP contribution in [0.25, 0.3) is 0 Å². The van der Waals surface area contributed by atoms with E-state index in [1.165, 1.54) is 0 Å².